The van der Waals surface area contributed by atoms with Gasteiger partial charge in [0, 0.05) is 4.47 Å². The number of hydrogen-bond acceptors (Lipinski definition) is 0. The van der Waals surface area contributed by atoms with E-state index in [-0.39, 0.29) is 0 Å². The lowest BCUT2D eigenvalue weighted by Gasteiger charge is -2.57. The topological polar surface area (TPSA) is 0 Å². The molecule has 4 saturated carbocycles. The van der Waals surface area contributed by atoms with Crippen LogP contribution in [0.25, 0.3) is 11.1 Å². The van der Waals surface area contributed by atoms with Crippen LogP contribution in [0.5, 0.6) is 0 Å². The van der Waals surface area contributed by atoms with Crippen LogP contribution in [0.15, 0.2) is 53.0 Å². The summed E-state index contributed by atoms with van der Waals surface area (Å²) in [6.07, 6.45) is 10.4. The van der Waals surface area contributed by atoms with Crippen LogP contribution in [0.4, 0.5) is 0 Å². The molecular weight excluding hydrogens is 356 g/mol. The molecule has 0 heterocycles. The van der Waals surface area contributed by atoms with Crippen molar-refractivity contribution in [2.45, 2.75) is 44.9 Å². The van der Waals surface area contributed by atoms with Crippen molar-refractivity contribution in [2.75, 3.05) is 0 Å². The number of rotatable bonds is 3. The van der Waals surface area contributed by atoms with Crippen molar-refractivity contribution < 1.29 is 0 Å². The molecule has 0 aromatic heterocycles. The molecule has 4 aliphatic rings. The molecule has 0 amide bonds. The number of hydrogen-bond donors (Lipinski definition) is 0. The fraction of sp³-hybridized carbons (Fsp3) is 0.478. The third kappa shape index (κ3) is 2.65. The van der Waals surface area contributed by atoms with Crippen molar-refractivity contribution in [1.29, 1.82) is 0 Å². The van der Waals surface area contributed by atoms with Gasteiger partial charge in [0.05, 0.1) is 0 Å². The Morgan fingerprint density at radius 3 is 2.00 bits per heavy atom. The van der Waals surface area contributed by atoms with Gasteiger partial charge >= 0.3 is 0 Å². The summed E-state index contributed by atoms with van der Waals surface area (Å²) < 4.78 is 1.16. The predicted octanol–water partition coefficient (Wildman–Crippen LogP) is 6.88. The maximum Gasteiger partial charge on any atom is 0.0175 e. The van der Waals surface area contributed by atoms with E-state index in [0.717, 1.165) is 22.2 Å². The van der Waals surface area contributed by atoms with Crippen LogP contribution in [0.1, 0.15) is 44.1 Å². The van der Waals surface area contributed by atoms with E-state index >= 15 is 0 Å². The lowest BCUT2D eigenvalue weighted by molar-refractivity contribution is -0.0521. The Morgan fingerprint density at radius 1 is 0.792 bits per heavy atom. The molecular formula is C23H25Br. The second-order valence-corrected chi connectivity index (χ2v) is 9.67. The monoisotopic (exact) mass is 380 g/mol. The zero-order valence-electron chi connectivity index (χ0n) is 14.2. The van der Waals surface area contributed by atoms with Gasteiger partial charge in [0.25, 0.3) is 0 Å². The van der Waals surface area contributed by atoms with Crippen molar-refractivity contribution in [3.8, 4) is 11.1 Å². The van der Waals surface area contributed by atoms with Gasteiger partial charge in [-0.05, 0) is 96.9 Å². The Morgan fingerprint density at radius 2 is 1.38 bits per heavy atom. The fourth-order valence-electron chi connectivity index (χ4n) is 6.50. The minimum Gasteiger partial charge on any atom is -0.0620 e. The summed E-state index contributed by atoms with van der Waals surface area (Å²) in [6.45, 7) is 0. The second kappa shape index (κ2) is 5.73. The molecule has 2 aromatic carbocycles. The first-order valence-electron chi connectivity index (χ1n) is 9.53. The molecule has 0 saturated heterocycles. The van der Waals surface area contributed by atoms with E-state index in [1.54, 1.807) is 5.56 Å². The fourth-order valence-corrected chi connectivity index (χ4v) is 6.76. The van der Waals surface area contributed by atoms with Crippen LogP contribution in [0.2, 0.25) is 0 Å². The summed E-state index contributed by atoms with van der Waals surface area (Å²) in [5.41, 5.74) is 4.99. The lowest BCUT2D eigenvalue weighted by Crippen LogP contribution is -2.47. The zero-order chi connectivity index (χ0) is 16.1. The van der Waals surface area contributed by atoms with E-state index in [4.69, 9.17) is 0 Å². The van der Waals surface area contributed by atoms with Gasteiger partial charge in [-0.3, -0.25) is 0 Å². The molecule has 0 nitrogen and oxygen atoms in total. The Bertz CT molecular complexity index is 708. The van der Waals surface area contributed by atoms with Crippen molar-refractivity contribution in [1.82, 2.24) is 0 Å². The Labute approximate surface area is 153 Å². The average molecular weight is 381 g/mol. The van der Waals surface area contributed by atoms with Gasteiger partial charge in [-0.15, -0.1) is 0 Å². The molecule has 0 atom stereocenters. The molecule has 124 valence electrons. The highest BCUT2D eigenvalue weighted by Crippen LogP contribution is 2.61. The maximum atomic E-state index is 3.56. The average Bonchev–Trinajstić information content (AvgIpc) is 2.55. The normalized spacial score (nSPS) is 33.8. The molecule has 4 fully saturated rings. The van der Waals surface area contributed by atoms with Crippen LogP contribution >= 0.6 is 15.9 Å². The molecule has 2 aromatic rings. The minimum absolute atomic E-state index is 0.611. The third-order valence-electron chi connectivity index (χ3n) is 6.90. The molecule has 0 aliphatic heterocycles. The first-order chi connectivity index (χ1) is 11.7. The van der Waals surface area contributed by atoms with Crippen molar-refractivity contribution in [3.05, 3.63) is 58.6 Å². The van der Waals surface area contributed by atoms with Gasteiger partial charge in [0.15, 0.2) is 0 Å². The maximum absolute atomic E-state index is 3.56. The quantitative estimate of drug-likeness (QED) is 0.544. The van der Waals surface area contributed by atoms with Crippen molar-refractivity contribution in [2.24, 2.45) is 23.2 Å². The summed E-state index contributed by atoms with van der Waals surface area (Å²) in [5.74, 6) is 3.11. The standard InChI is InChI=1S/C23H25Br/c24-21-7-5-19(6-8-21)22-4-2-1-3-20(22)15-23-12-16-9-17(13-23)11-18(10-16)14-23/h1-8,16-18H,9-15H2. The summed E-state index contributed by atoms with van der Waals surface area (Å²) in [6, 6.07) is 18.0. The van der Waals surface area contributed by atoms with Gasteiger partial charge < -0.3 is 0 Å². The number of halogens is 1. The van der Waals surface area contributed by atoms with Gasteiger partial charge in [-0.25, -0.2) is 0 Å². The summed E-state index contributed by atoms with van der Waals surface area (Å²) in [5, 5.41) is 0. The molecule has 0 spiro atoms. The van der Waals surface area contributed by atoms with Crippen LogP contribution in [0.3, 0.4) is 0 Å². The summed E-state index contributed by atoms with van der Waals surface area (Å²) in [4.78, 5) is 0. The SMILES string of the molecule is Brc1ccc(-c2ccccc2CC23CC4CC(CC(C4)C2)C3)cc1. The van der Waals surface area contributed by atoms with Gasteiger partial charge in [0.1, 0.15) is 0 Å². The van der Waals surface area contributed by atoms with Crippen LogP contribution < -0.4 is 0 Å². The van der Waals surface area contributed by atoms with E-state index in [1.165, 1.54) is 56.1 Å². The largest absolute Gasteiger partial charge is 0.0620 e. The molecule has 1 heteroatoms. The molecule has 24 heavy (non-hydrogen) atoms. The first-order valence-corrected chi connectivity index (χ1v) is 10.3. The van der Waals surface area contributed by atoms with E-state index in [0.29, 0.717) is 5.41 Å². The minimum atomic E-state index is 0.611. The van der Waals surface area contributed by atoms with Gasteiger partial charge in [0.2, 0.25) is 0 Å². The highest BCUT2D eigenvalue weighted by atomic mass is 79.9. The Balaban J connectivity index is 1.49. The molecule has 6 rings (SSSR count). The smallest absolute Gasteiger partial charge is 0.0175 e. The van der Waals surface area contributed by atoms with Crippen molar-refractivity contribution in [3.63, 3.8) is 0 Å². The Hall–Kier alpha value is -1.08. The zero-order valence-corrected chi connectivity index (χ0v) is 15.8. The van der Waals surface area contributed by atoms with E-state index in [1.807, 2.05) is 0 Å². The van der Waals surface area contributed by atoms with Gasteiger partial charge in [-0.2, -0.15) is 0 Å². The summed E-state index contributed by atoms with van der Waals surface area (Å²) >= 11 is 3.56. The highest BCUT2D eigenvalue weighted by molar-refractivity contribution is 9.10. The molecule has 0 radical (unpaired) electrons. The lowest BCUT2D eigenvalue weighted by atomic mass is 9.48. The van der Waals surface area contributed by atoms with Gasteiger partial charge in [-0.1, -0.05) is 52.3 Å². The van der Waals surface area contributed by atoms with Crippen LogP contribution in [0, 0.1) is 23.2 Å². The van der Waals surface area contributed by atoms with Crippen LogP contribution in [-0.4, -0.2) is 0 Å². The molecule has 4 bridgehead atoms. The third-order valence-corrected chi connectivity index (χ3v) is 7.43. The van der Waals surface area contributed by atoms with E-state index < -0.39 is 0 Å². The highest BCUT2D eigenvalue weighted by Gasteiger charge is 2.50. The molecule has 0 N–H and O–H groups in total. The van der Waals surface area contributed by atoms with Crippen molar-refractivity contribution >= 4 is 15.9 Å². The Kier molecular flexibility index (Phi) is 3.63. The van der Waals surface area contributed by atoms with E-state index in [9.17, 15) is 0 Å². The summed E-state index contributed by atoms with van der Waals surface area (Å²) in [7, 11) is 0. The molecule has 4 aliphatic carbocycles. The van der Waals surface area contributed by atoms with E-state index in [2.05, 4.69) is 64.5 Å². The second-order valence-electron chi connectivity index (χ2n) is 8.76. The molecule has 0 unspecified atom stereocenters. The van der Waals surface area contributed by atoms with Crippen LogP contribution in [-0.2, 0) is 6.42 Å². The number of benzene rings is 2. The first kappa shape index (κ1) is 15.2. The predicted molar refractivity (Wildman–Crippen MR) is 104 cm³/mol.